The predicted octanol–water partition coefficient (Wildman–Crippen LogP) is 5.73. The van der Waals surface area contributed by atoms with Gasteiger partial charge in [-0.1, -0.05) is 102 Å². The summed E-state index contributed by atoms with van der Waals surface area (Å²) in [6, 6.07) is 21.1. The Bertz CT molecular complexity index is 882. The van der Waals surface area contributed by atoms with Crippen molar-refractivity contribution >= 4 is 27.0 Å². The number of aliphatic hydroxyl groups is 1. The van der Waals surface area contributed by atoms with Crippen LogP contribution in [-0.2, 0) is 8.85 Å². The van der Waals surface area contributed by atoms with Crippen molar-refractivity contribution in [1.29, 1.82) is 0 Å². The summed E-state index contributed by atoms with van der Waals surface area (Å²) in [4.78, 5) is 0. The molecule has 2 aromatic rings. The smallest absolute Gasteiger partial charge is 0.261 e. The predicted molar refractivity (Wildman–Crippen MR) is 150 cm³/mol. The van der Waals surface area contributed by atoms with Crippen LogP contribution in [0, 0.1) is 12.3 Å². The highest BCUT2D eigenvalue weighted by atomic mass is 28.4. The summed E-state index contributed by atoms with van der Waals surface area (Å²) in [5, 5.41) is 13.3. The van der Waals surface area contributed by atoms with Gasteiger partial charge in [-0.25, -0.2) is 0 Å². The number of hydrogen-bond acceptors (Lipinski definition) is 3. The second kappa shape index (κ2) is 11.4. The second-order valence-electron chi connectivity index (χ2n) is 11.8. The molecule has 2 atom stereocenters. The molecule has 0 aromatic heterocycles. The van der Waals surface area contributed by atoms with Crippen molar-refractivity contribution in [2.45, 2.75) is 89.8 Å². The Hall–Kier alpha value is -1.69. The van der Waals surface area contributed by atoms with Crippen LogP contribution in [0.1, 0.15) is 54.4 Å². The minimum absolute atomic E-state index is 0.0936. The average Bonchev–Trinajstić information content (AvgIpc) is 2.76. The van der Waals surface area contributed by atoms with Crippen molar-refractivity contribution in [3.63, 3.8) is 0 Å². The zero-order valence-corrected chi connectivity index (χ0v) is 24.4. The van der Waals surface area contributed by atoms with Gasteiger partial charge < -0.3 is 14.0 Å². The van der Waals surface area contributed by atoms with Gasteiger partial charge in [-0.15, -0.1) is 12.3 Å². The zero-order valence-electron chi connectivity index (χ0n) is 22.4. The topological polar surface area (TPSA) is 38.7 Å². The maximum atomic E-state index is 11.0. The minimum atomic E-state index is -2.74. The van der Waals surface area contributed by atoms with Gasteiger partial charge in [0.05, 0.1) is 18.8 Å². The number of hydrogen-bond donors (Lipinski definition) is 1. The molecule has 3 nitrogen and oxygen atoms in total. The van der Waals surface area contributed by atoms with Crippen LogP contribution < -0.4 is 10.4 Å². The molecule has 0 saturated heterocycles. The fraction of sp³-hybridized carbons (Fsp3) is 0.517. The van der Waals surface area contributed by atoms with Gasteiger partial charge in [-0.05, 0) is 33.5 Å². The highest BCUT2D eigenvalue weighted by molar-refractivity contribution is 6.99. The first kappa shape index (κ1) is 28.6. The molecular formula is C29H44O3Si2. The Balaban J connectivity index is 2.40. The normalized spacial score (nSPS) is 14.9. The fourth-order valence-corrected chi connectivity index (χ4v) is 9.87. The van der Waals surface area contributed by atoms with Gasteiger partial charge in [-0.2, -0.15) is 0 Å². The van der Waals surface area contributed by atoms with Crippen LogP contribution in [0.2, 0.25) is 23.2 Å². The van der Waals surface area contributed by atoms with Crippen LogP contribution in [-0.4, -0.2) is 40.6 Å². The monoisotopic (exact) mass is 496 g/mol. The minimum Gasteiger partial charge on any atom is -0.414 e. The van der Waals surface area contributed by atoms with E-state index in [2.05, 4.69) is 109 Å². The first-order valence-electron chi connectivity index (χ1n) is 12.3. The van der Waals surface area contributed by atoms with E-state index in [1.165, 1.54) is 10.4 Å². The fourth-order valence-electron chi connectivity index (χ4n) is 4.14. The molecule has 0 amide bonds. The van der Waals surface area contributed by atoms with E-state index in [1.54, 1.807) is 0 Å². The molecule has 0 aliphatic carbocycles. The Morgan fingerprint density at radius 2 is 1.32 bits per heavy atom. The van der Waals surface area contributed by atoms with Gasteiger partial charge in [0, 0.05) is 12.8 Å². The lowest BCUT2D eigenvalue weighted by atomic mass is 10.1. The summed E-state index contributed by atoms with van der Waals surface area (Å²) >= 11 is 0. The molecule has 1 N–H and O–H groups in total. The quantitative estimate of drug-likeness (QED) is 0.337. The molecule has 0 saturated carbocycles. The summed E-state index contributed by atoms with van der Waals surface area (Å²) in [5.41, 5.74) is 0. The van der Waals surface area contributed by atoms with Crippen molar-refractivity contribution < 1.29 is 14.0 Å². The third-order valence-corrected chi connectivity index (χ3v) is 16.7. The third kappa shape index (κ3) is 6.71. The number of terminal acetylenes is 1. The molecule has 34 heavy (non-hydrogen) atoms. The Morgan fingerprint density at radius 1 is 0.853 bits per heavy atom. The Labute approximate surface area is 210 Å². The van der Waals surface area contributed by atoms with Gasteiger partial charge in [0.1, 0.15) is 0 Å². The van der Waals surface area contributed by atoms with Crippen LogP contribution in [0.15, 0.2) is 60.7 Å². The van der Waals surface area contributed by atoms with Crippen molar-refractivity contribution in [3.8, 4) is 12.3 Å². The summed E-state index contributed by atoms with van der Waals surface area (Å²) < 4.78 is 13.5. The summed E-state index contributed by atoms with van der Waals surface area (Å²) in [6.45, 7) is 18.1. The van der Waals surface area contributed by atoms with E-state index in [0.717, 1.165) is 0 Å². The van der Waals surface area contributed by atoms with Gasteiger partial charge in [0.2, 0.25) is 0 Å². The molecule has 0 aliphatic rings. The second-order valence-corrected chi connectivity index (χ2v) is 20.8. The molecule has 0 fully saturated rings. The van der Waals surface area contributed by atoms with Crippen LogP contribution >= 0.6 is 0 Å². The number of rotatable bonds is 10. The molecular weight excluding hydrogens is 452 g/mol. The van der Waals surface area contributed by atoms with Gasteiger partial charge in [0.15, 0.2) is 8.32 Å². The Kier molecular flexibility index (Phi) is 9.54. The van der Waals surface area contributed by atoms with Gasteiger partial charge >= 0.3 is 0 Å². The lowest BCUT2D eigenvalue weighted by Gasteiger charge is -2.45. The molecule has 0 unspecified atom stereocenters. The molecule has 5 heteroatoms. The first-order chi connectivity index (χ1) is 15.7. The van der Waals surface area contributed by atoms with E-state index >= 15 is 0 Å². The number of aliphatic hydroxyl groups excluding tert-OH is 1. The lowest BCUT2D eigenvalue weighted by Crippen LogP contribution is -2.67. The van der Waals surface area contributed by atoms with Crippen molar-refractivity contribution in [2.24, 2.45) is 0 Å². The van der Waals surface area contributed by atoms with E-state index in [1.807, 2.05) is 12.1 Å². The van der Waals surface area contributed by atoms with Crippen LogP contribution in [0.3, 0.4) is 0 Å². The van der Waals surface area contributed by atoms with Gasteiger partial charge in [0.25, 0.3) is 8.32 Å². The van der Waals surface area contributed by atoms with Crippen molar-refractivity contribution in [1.82, 2.24) is 0 Å². The van der Waals surface area contributed by atoms with E-state index in [9.17, 15) is 5.11 Å². The third-order valence-electron chi connectivity index (χ3n) is 7.08. The SMILES string of the molecule is C#CC[C@H](C[C@H](O)CO[Si](C)(C)C(C)(C)C)O[Si](c1ccccc1)(c1ccccc1)C(C)(C)C. The molecule has 2 aromatic carbocycles. The lowest BCUT2D eigenvalue weighted by molar-refractivity contribution is 0.0520. The molecule has 186 valence electrons. The van der Waals surface area contributed by atoms with E-state index < -0.39 is 22.7 Å². The molecule has 0 aliphatic heterocycles. The number of benzene rings is 2. The van der Waals surface area contributed by atoms with Crippen LogP contribution in [0.5, 0.6) is 0 Å². The molecule has 0 bridgehead atoms. The maximum absolute atomic E-state index is 11.0. The molecule has 0 spiro atoms. The molecule has 0 radical (unpaired) electrons. The Morgan fingerprint density at radius 3 is 1.71 bits per heavy atom. The van der Waals surface area contributed by atoms with Gasteiger partial charge in [-0.3, -0.25) is 0 Å². The van der Waals surface area contributed by atoms with Crippen LogP contribution in [0.25, 0.3) is 0 Å². The van der Waals surface area contributed by atoms with Crippen molar-refractivity contribution in [3.05, 3.63) is 60.7 Å². The summed E-state index contributed by atoms with van der Waals surface area (Å²) in [6.07, 6.45) is 5.78. The largest absolute Gasteiger partial charge is 0.414 e. The standard InChI is InChI=1S/C29H44O3Si2/c1-10-17-25(22-24(30)23-31-33(8,9)28(2,3)4)32-34(29(5,6)7,26-18-13-11-14-19-26)27-20-15-12-16-21-27/h1,11-16,18-21,24-25,30H,17,22-23H2,2-9H3/t24-,25+/m0/s1. The zero-order chi connectivity index (χ0) is 25.6. The molecule has 2 rings (SSSR count). The highest BCUT2D eigenvalue weighted by Crippen LogP contribution is 2.39. The maximum Gasteiger partial charge on any atom is 0.261 e. The highest BCUT2D eigenvalue weighted by Gasteiger charge is 2.51. The van der Waals surface area contributed by atoms with E-state index in [0.29, 0.717) is 19.4 Å². The van der Waals surface area contributed by atoms with E-state index in [4.69, 9.17) is 15.3 Å². The first-order valence-corrected chi connectivity index (χ1v) is 17.1. The van der Waals surface area contributed by atoms with E-state index in [-0.39, 0.29) is 16.2 Å². The van der Waals surface area contributed by atoms with Crippen molar-refractivity contribution in [2.75, 3.05) is 6.61 Å². The summed E-state index contributed by atoms with van der Waals surface area (Å²) in [7, 11) is -4.70. The van der Waals surface area contributed by atoms with Crippen LogP contribution in [0.4, 0.5) is 0 Å². The molecule has 0 heterocycles. The average molecular weight is 497 g/mol. The summed E-state index contributed by atoms with van der Waals surface area (Å²) in [5.74, 6) is 2.80.